The lowest BCUT2D eigenvalue weighted by atomic mass is 10.2. The molecule has 1 fully saturated rings. The van der Waals surface area contributed by atoms with Crippen molar-refractivity contribution in [2.24, 2.45) is 0 Å². The fourth-order valence-electron chi connectivity index (χ4n) is 2.39. The van der Waals surface area contributed by atoms with E-state index in [1.165, 1.54) is 12.8 Å². The van der Waals surface area contributed by atoms with Crippen LogP contribution in [0.5, 0.6) is 0 Å². The molecule has 0 aliphatic heterocycles. The zero-order valence-corrected chi connectivity index (χ0v) is 9.97. The minimum Gasteiger partial charge on any atom is -0.341 e. The van der Waals surface area contributed by atoms with Gasteiger partial charge in [-0.15, -0.1) is 0 Å². The van der Waals surface area contributed by atoms with Crippen LogP contribution in [0.15, 0.2) is 18.5 Å². The molecular weight excluding hydrogens is 202 g/mol. The van der Waals surface area contributed by atoms with Gasteiger partial charge in [0.2, 0.25) is 5.91 Å². The monoisotopic (exact) mass is 221 g/mol. The van der Waals surface area contributed by atoms with Gasteiger partial charge in [0.25, 0.3) is 0 Å². The standard InChI is InChI=1S/C12H19N3O/c1-10(15-9-5-8-13-15)12(16)14(2)11-6-3-4-7-11/h5,8-11H,3-4,6-7H2,1-2H3. The van der Waals surface area contributed by atoms with Gasteiger partial charge in [0, 0.05) is 25.5 Å². The summed E-state index contributed by atoms with van der Waals surface area (Å²) in [5, 5.41) is 4.12. The van der Waals surface area contributed by atoms with Crippen molar-refractivity contribution in [1.82, 2.24) is 14.7 Å². The molecule has 1 amide bonds. The highest BCUT2D eigenvalue weighted by atomic mass is 16.2. The summed E-state index contributed by atoms with van der Waals surface area (Å²) in [6.07, 6.45) is 8.34. The minimum atomic E-state index is -0.194. The van der Waals surface area contributed by atoms with E-state index in [-0.39, 0.29) is 11.9 Å². The Morgan fingerprint density at radius 3 is 2.75 bits per heavy atom. The quantitative estimate of drug-likeness (QED) is 0.781. The van der Waals surface area contributed by atoms with Crippen molar-refractivity contribution in [3.8, 4) is 0 Å². The number of hydrogen-bond donors (Lipinski definition) is 0. The predicted molar refractivity (Wildman–Crippen MR) is 62.0 cm³/mol. The van der Waals surface area contributed by atoms with E-state index in [0.29, 0.717) is 6.04 Å². The van der Waals surface area contributed by atoms with Gasteiger partial charge in [0.1, 0.15) is 6.04 Å². The molecule has 16 heavy (non-hydrogen) atoms. The van der Waals surface area contributed by atoms with Crippen molar-refractivity contribution in [3.63, 3.8) is 0 Å². The predicted octanol–water partition coefficient (Wildman–Crippen LogP) is 1.85. The Kier molecular flexibility index (Phi) is 3.27. The summed E-state index contributed by atoms with van der Waals surface area (Å²) in [5.41, 5.74) is 0. The number of likely N-dealkylation sites (N-methyl/N-ethyl adjacent to an activating group) is 1. The molecule has 1 aromatic heterocycles. The van der Waals surface area contributed by atoms with Crippen LogP contribution in [0.1, 0.15) is 38.6 Å². The molecular formula is C12H19N3O. The summed E-state index contributed by atoms with van der Waals surface area (Å²) in [4.78, 5) is 14.1. The van der Waals surface area contributed by atoms with Crippen LogP contribution in [0.2, 0.25) is 0 Å². The molecule has 0 bridgehead atoms. The second-order valence-corrected chi connectivity index (χ2v) is 4.55. The van der Waals surface area contributed by atoms with Crippen LogP contribution < -0.4 is 0 Å². The van der Waals surface area contributed by atoms with E-state index in [0.717, 1.165) is 12.8 Å². The molecule has 88 valence electrons. The Morgan fingerprint density at radius 2 is 2.19 bits per heavy atom. The number of nitrogens with zero attached hydrogens (tertiary/aromatic N) is 3. The minimum absolute atomic E-state index is 0.163. The van der Waals surface area contributed by atoms with Crippen LogP contribution in [0.3, 0.4) is 0 Å². The van der Waals surface area contributed by atoms with Crippen molar-refractivity contribution in [1.29, 1.82) is 0 Å². The van der Waals surface area contributed by atoms with Crippen LogP contribution in [0.4, 0.5) is 0 Å². The molecule has 1 aliphatic carbocycles. The zero-order valence-electron chi connectivity index (χ0n) is 9.97. The summed E-state index contributed by atoms with van der Waals surface area (Å²) >= 11 is 0. The van der Waals surface area contributed by atoms with Crippen molar-refractivity contribution in [2.45, 2.75) is 44.7 Å². The molecule has 1 aromatic rings. The molecule has 4 heteroatoms. The van der Waals surface area contributed by atoms with Gasteiger partial charge in [-0.3, -0.25) is 9.48 Å². The van der Waals surface area contributed by atoms with E-state index < -0.39 is 0 Å². The van der Waals surface area contributed by atoms with Crippen LogP contribution >= 0.6 is 0 Å². The van der Waals surface area contributed by atoms with E-state index in [1.807, 2.05) is 31.1 Å². The van der Waals surface area contributed by atoms with Crippen LogP contribution in [0.25, 0.3) is 0 Å². The maximum Gasteiger partial charge on any atom is 0.247 e. The molecule has 0 radical (unpaired) electrons. The van der Waals surface area contributed by atoms with Crippen molar-refractivity contribution >= 4 is 5.91 Å². The number of amides is 1. The highest BCUT2D eigenvalue weighted by Crippen LogP contribution is 2.24. The first-order valence-electron chi connectivity index (χ1n) is 5.96. The summed E-state index contributed by atoms with van der Waals surface area (Å²) < 4.78 is 1.72. The third kappa shape index (κ3) is 2.10. The van der Waals surface area contributed by atoms with Gasteiger partial charge in [0.05, 0.1) is 0 Å². The molecule has 1 atom stereocenters. The molecule has 4 nitrogen and oxygen atoms in total. The van der Waals surface area contributed by atoms with E-state index in [9.17, 15) is 4.79 Å². The molecule has 2 rings (SSSR count). The number of aromatic nitrogens is 2. The molecule has 0 spiro atoms. The van der Waals surface area contributed by atoms with Gasteiger partial charge >= 0.3 is 0 Å². The van der Waals surface area contributed by atoms with Gasteiger partial charge in [-0.1, -0.05) is 12.8 Å². The van der Waals surface area contributed by atoms with E-state index >= 15 is 0 Å². The van der Waals surface area contributed by atoms with Crippen molar-refractivity contribution in [2.75, 3.05) is 7.05 Å². The first-order chi connectivity index (χ1) is 7.70. The lowest BCUT2D eigenvalue weighted by molar-refractivity contribution is -0.135. The molecule has 1 saturated carbocycles. The lowest BCUT2D eigenvalue weighted by Gasteiger charge is -2.27. The fraction of sp³-hybridized carbons (Fsp3) is 0.667. The highest BCUT2D eigenvalue weighted by molar-refractivity contribution is 5.80. The Bertz CT molecular complexity index is 341. The third-order valence-corrected chi connectivity index (χ3v) is 3.50. The maximum atomic E-state index is 12.2. The SMILES string of the molecule is CC(C(=O)N(C)C1CCCC1)n1cccn1. The average Bonchev–Trinajstić information content (AvgIpc) is 2.97. The summed E-state index contributed by atoms with van der Waals surface area (Å²) in [5.74, 6) is 0.163. The Morgan fingerprint density at radius 1 is 1.50 bits per heavy atom. The summed E-state index contributed by atoms with van der Waals surface area (Å²) in [6.45, 7) is 1.90. The average molecular weight is 221 g/mol. The topological polar surface area (TPSA) is 38.1 Å². The normalized spacial score (nSPS) is 18.6. The van der Waals surface area contributed by atoms with Crippen molar-refractivity contribution in [3.05, 3.63) is 18.5 Å². The first-order valence-corrected chi connectivity index (χ1v) is 5.96. The first kappa shape index (κ1) is 11.2. The van der Waals surface area contributed by atoms with E-state index in [1.54, 1.807) is 10.9 Å². The second-order valence-electron chi connectivity index (χ2n) is 4.55. The van der Waals surface area contributed by atoms with E-state index in [4.69, 9.17) is 0 Å². The van der Waals surface area contributed by atoms with Crippen LogP contribution in [-0.4, -0.2) is 33.7 Å². The molecule has 1 aliphatic rings. The second kappa shape index (κ2) is 4.68. The molecule has 0 aromatic carbocycles. The number of carbonyl (C=O) groups is 1. The molecule has 0 saturated heterocycles. The number of rotatable bonds is 3. The Hall–Kier alpha value is -1.32. The fourth-order valence-corrected chi connectivity index (χ4v) is 2.39. The lowest BCUT2D eigenvalue weighted by Crippen LogP contribution is -2.39. The highest BCUT2D eigenvalue weighted by Gasteiger charge is 2.27. The molecule has 1 heterocycles. The third-order valence-electron chi connectivity index (χ3n) is 3.50. The molecule has 0 N–H and O–H groups in total. The Labute approximate surface area is 96.2 Å². The Balaban J connectivity index is 2.01. The van der Waals surface area contributed by atoms with Gasteiger partial charge in [-0.05, 0) is 25.8 Å². The van der Waals surface area contributed by atoms with Crippen LogP contribution in [0, 0.1) is 0 Å². The van der Waals surface area contributed by atoms with Gasteiger partial charge in [-0.25, -0.2) is 0 Å². The van der Waals surface area contributed by atoms with E-state index in [2.05, 4.69) is 5.10 Å². The smallest absolute Gasteiger partial charge is 0.247 e. The zero-order chi connectivity index (χ0) is 11.5. The van der Waals surface area contributed by atoms with Crippen molar-refractivity contribution < 1.29 is 4.79 Å². The summed E-state index contributed by atoms with van der Waals surface area (Å²) in [6, 6.07) is 2.09. The largest absolute Gasteiger partial charge is 0.341 e. The van der Waals surface area contributed by atoms with Crippen LogP contribution in [-0.2, 0) is 4.79 Å². The maximum absolute atomic E-state index is 12.2. The van der Waals surface area contributed by atoms with Gasteiger partial charge < -0.3 is 4.90 Å². The van der Waals surface area contributed by atoms with Gasteiger partial charge in [0.15, 0.2) is 0 Å². The summed E-state index contributed by atoms with van der Waals surface area (Å²) in [7, 11) is 1.92. The number of carbonyl (C=O) groups excluding carboxylic acids is 1. The van der Waals surface area contributed by atoms with Gasteiger partial charge in [-0.2, -0.15) is 5.10 Å². The number of hydrogen-bond acceptors (Lipinski definition) is 2. The molecule has 1 unspecified atom stereocenters.